The monoisotopic (exact) mass is 299 g/mol. The van der Waals surface area contributed by atoms with Crippen molar-refractivity contribution in [1.29, 1.82) is 0 Å². The first-order valence-corrected chi connectivity index (χ1v) is 6.67. The Kier molecular flexibility index (Phi) is 6.87. The average Bonchev–Trinajstić information content (AvgIpc) is 2.44. The normalized spacial score (nSPS) is 9.95. The minimum Gasteiger partial charge on any atom is -0.484 e. The summed E-state index contributed by atoms with van der Waals surface area (Å²) in [6, 6.07) is 6.79. The van der Waals surface area contributed by atoms with Crippen LogP contribution in [0.3, 0.4) is 0 Å². The van der Waals surface area contributed by atoms with Crippen molar-refractivity contribution < 1.29 is 19.1 Å². The molecule has 0 fully saturated rings. The molecule has 0 bridgehead atoms. The fraction of sp³-hybridized carbons (Fsp3) is 0.429. The van der Waals surface area contributed by atoms with Crippen LogP contribution < -0.4 is 4.74 Å². The Morgan fingerprint density at radius 3 is 2.70 bits per heavy atom. The van der Waals surface area contributed by atoms with E-state index in [1.807, 2.05) is 6.92 Å². The molecule has 0 spiro atoms. The lowest BCUT2D eigenvalue weighted by molar-refractivity contribution is -0.147. The van der Waals surface area contributed by atoms with Gasteiger partial charge in [0.15, 0.2) is 6.61 Å². The summed E-state index contributed by atoms with van der Waals surface area (Å²) in [6.07, 6.45) is 0.750. The molecule has 20 heavy (non-hydrogen) atoms. The molecule has 5 nitrogen and oxygen atoms in total. The second-order valence-corrected chi connectivity index (χ2v) is 4.57. The maximum Gasteiger partial charge on any atom is 0.325 e. The van der Waals surface area contributed by atoms with Crippen molar-refractivity contribution in [3.05, 3.63) is 29.3 Å². The van der Waals surface area contributed by atoms with E-state index < -0.39 is 5.97 Å². The van der Waals surface area contributed by atoms with Gasteiger partial charge >= 0.3 is 5.97 Å². The molecule has 1 aromatic rings. The third kappa shape index (κ3) is 5.48. The van der Waals surface area contributed by atoms with Gasteiger partial charge in [0.05, 0.1) is 7.11 Å². The number of halogens is 1. The number of methoxy groups -OCH3 is 1. The topological polar surface area (TPSA) is 55.8 Å². The average molecular weight is 300 g/mol. The summed E-state index contributed by atoms with van der Waals surface area (Å²) in [5.74, 6) is -0.202. The second kappa shape index (κ2) is 8.43. The van der Waals surface area contributed by atoms with Gasteiger partial charge in [-0.05, 0) is 24.6 Å². The Labute approximate surface area is 123 Å². The van der Waals surface area contributed by atoms with Gasteiger partial charge in [0.25, 0.3) is 5.91 Å². The van der Waals surface area contributed by atoms with Gasteiger partial charge in [-0.1, -0.05) is 24.6 Å². The maximum atomic E-state index is 12.0. The first-order chi connectivity index (χ1) is 9.56. The minimum absolute atomic E-state index is 0.0674. The maximum absolute atomic E-state index is 12.0. The van der Waals surface area contributed by atoms with Crippen molar-refractivity contribution in [3.63, 3.8) is 0 Å². The highest BCUT2D eigenvalue weighted by Gasteiger charge is 2.17. The fourth-order valence-corrected chi connectivity index (χ4v) is 1.76. The summed E-state index contributed by atoms with van der Waals surface area (Å²) in [5.41, 5.74) is 0. The van der Waals surface area contributed by atoms with Crippen molar-refractivity contribution in [1.82, 2.24) is 4.90 Å². The van der Waals surface area contributed by atoms with Crippen molar-refractivity contribution in [3.8, 4) is 5.75 Å². The SMILES string of the molecule is CCCN(CC(=O)OC)C(=O)COc1cccc(Cl)c1. The van der Waals surface area contributed by atoms with Gasteiger partial charge in [-0.15, -0.1) is 0 Å². The fourth-order valence-electron chi connectivity index (χ4n) is 1.58. The second-order valence-electron chi connectivity index (χ2n) is 4.14. The van der Waals surface area contributed by atoms with Gasteiger partial charge in [0.2, 0.25) is 0 Å². The van der Waals surface area contributed by atoms with Crippen LogP contribution in [0.5, 0.6) is 5.75 Å². The van der Waals surface area contributed by atoms with Crippen LogP contribution in [0, 0.1) is 0 Å². The molecule has 110 valence electrons. The molecule has 0 unspecified atom stereocenters. The Bertz CT molecular complexity index is 464. The van der Waals surface area contributed by atoms with E-state index in [9.17, 15) is 9.59 Å². The summed E-state index contributed by atoms with van der Waals surface area (Å²) in [5, 5.41) is 0.537. The zero-order valence-electron chi connectivity index (χ0n) is 11.6. The number of ether oxygens (including phenoxy) is 2. The van der Waals surface area contributed by atoms with Gasteiger partial charge in [0.1, 0.15) is 12.3 Å². The van der Waals surface area contributed by atoms with Crippen LogP contribution in [0.2, 0.25) is 5.02 Å². The number of esters is 1. The molecule has 1 rings (SSSR count). The summed E-state index contributed by atoms with van der Waals surface area (Å²) in [7, 11) is 1.29. The number of hydrogen-bond donors (Lipinski definition) is 0. The number of rotatable bonds is 7. The summed E-state index contributed by atoms with van der Waals surface area (Å²) in [6.45, 7) is 2.20. The molecular formula is C14H18ClNO4. The van der Waals surface area contributed by atoms with Gasteiger partial charge < -0.3 is 14.4 Å². The van der Waals surface area contributed by atoms with Crippen LogP contribution in [-0.4, -0.2) is 43.6 Å². The number of carbonyl (C=O) groups is 2. The third-order valence-corrected chi connectivity index (χ3v) is 2.79. The number of nitrogens with zero attached hydrogens (tertiary/aromatic N) is 1. The van der Waals surface area contributed by atoms with Gasteiger partial charge in [-0.25, -0.2) is 0 Å². The molecule has 0 N–H and O–H groups in total. The van der Waals surface area contributed by atoms with Crippen LogP contribution >= 0.6 is 11.6 Å². The molecular weight excluding hydrogens is 282 g/mol. The molecule has 0 saturated heterocycles. The van der Waals surface area contributed by atoms with Crippen molar-refractivity contribution in [2.24, 2.45) is 0 Å². The quantitative estimate of drug-likeness (QED) is 0.724. The van der Waals surface area contributed by atoms with Crippen LogP contribution in [0.25, 0.3) is 0 Å². The lowest BCUT2D eigenvalue weighted by atomic mass is 10.3. The lowest BCUT2D eigenvalue weighted by Crippen LogP contribution is -2.39. The molecule has 0 aliphatic heterocycles. The molecule has 0 aromatic heterocycles. The summed E-state index contributed by atoms with van der Waals surface area (Å²) < 4.78 is 9.93. The predicted octanol–water partition coefficient (Wildman–Crippen LogP) is 2.13. The molecule has 0 saturated carbocycles. The van der Waals surface area contributed by atoms with Crippen LogP contribution in [0.15, 0.2) is 24.3 Å². The van der Waals surface area contributed by atoms with Crippen molar-refractivity contribution in [2.45, 2.75) is 13.3 Å². The zero-order chi connectivity index (χ0) is 15.0. The van der Waals surface area contributed by atoms with E-state index in [0.29, 0.717) is 17.3 Å². The van der Waals surface area contributed by atoms with Gasteiger partial charge in [0, 0.05) is 11.6 Å². The Morgan fingerprint density at radius 2 is 2.10 bits per heavy atom. The van der Waals surface area contributed by atoms with Gasteiger partial charge in [-0.3, -0.25) is 9.59 Å². The zero-order valence-corrected chi connectivity index (χ0v) is 12.4. The van der Waals surface area contributed by atoms with Crippen LogP contribution in [0.4, 0.5) is 0 Å². The first kappa shape index (κ1) is 16.3. The van der Waals surface area contributed by atoms with E-state index >= 15 is 0 Å². The molecule has 0 heterocycles. The van der Waals surface area contributed by atoms with E-state index in [2.05, 4.69) is 4.74 Å². The molecule has 0 atom stereocenters. The highest BCUT2D eigenvalue weighted by Crippen LogP contribution is 2.17. The lowest BCUT2D eigenvalue weighted by Gasteiger charge is -2.20. The predicted molar refractivity (Wildman–Crippen MR) is 75.8 cm³/mol. The summed E-state index contributed by atoms with van der Waals surface area (Å²) in [4.78, 5) is 24.7. The largest absolute Gasteiger partial charge is 0.484 e. The number of hydrogen-bond acceptors (Lipinski definition) is 4. The molecule has 0 aliphatic rings. The Balaban J connectivity index is 2.55. The number of benzene rings is 1. The number of amides is 1. The van der Waals surface area contributed by atoms with E-state index in [1.165, 1.54) is 12.0 Å². The van der Waals surface area contributed by atoms with E-state index in [0.717, 1.165) is 6.42 Å². The molecule has 6 heteroatoms. The van der Waals surface area contributed by atoms with E-state index in [-0.39, 0.29) is 19.1 Å². The van der Waals surface area contributed by atoms with Crippen molar-refractivity contribution >= 4 is 23.5 Å². The smallest absolute Gasteiger partial charge is 0.325 e. The van der Waals surface area contributed by atoms with Crippen molar-refractivity contribution in [2.75, 3.05) is 26.8 Å². The highest BCUT2D eigenvalue weighted by molar-refractivity contribution is 6.30. The van der Waals surface area contributed by atoms with Crippen LogP contribution in [-0.2, 0) is 14.3 Å². The molecule has 1 amide bonds. The highest BCUT2D eigenvalue weighted by atomic mass is 35.5. The summed E-state index contributed by atoms with van der Waals surface area (Å²) >= 11 is 5.82. The first-order valence-electron chi connectivity index (χ1n) is 6.29. The molecule has 1 aromatic carbocycles. The Morgan fingerprint density at radius 1 is 1.35 bits per heavy atom. The Hall–Kier alpha value is -1.75. The van der Waals surface area contributed by atoms with Gasteiger partial charge in [-0.2, -0.15) is 0 Å². The van der Waals surface area contributed by atoms with Crippen LogP contribution in [0.1, 0.15) is 13.3 Å². The van der Waals surface area contributed by atoms with E-state index in [4.69, 9.17) is 16.3 Å². The molecule has 0 aliphatic carbocycles. The van der Waals surface area contributed by atoms with E-state index in [1.54, 1.807) is 24.3 Å². The number of carbonyl (C=O) groups excluding carboxylic acids is 2. The molecule has 0 radical (unpaired) electrons. The standard InChI is InChI=1S/C14H18ClNO4/c1-3-7-16(9-14(18)19-2)13(17)10-20-12-6-4-5-11(15)8-12/h4-6,8H,3,7,9-10H2,1-2H3. The third-order valence-electron chi connectivity index (χ3n) is 2.55. The minimum atomic E-state index is -0.449.